The third-order valence-corrected chi connectivity index (χ3v) is 4.45. The van der Waals surface area contributed by atoms with Crippen molar-refractivity contribution in [2.75, 3.05) is 0 Å². The van der Waals surface area contributed by atoms with Gasteiger partial charge in [0, 0.05) is 12.2 Å². The minimum atomic E-state index is -1.21. The zero-order valence-electron chi connectivity index (χ0n) is 15.3. The Labute approximate surface area is 152 Å². The van der Waals surface area contributed by atoms with E-state index < -0.39 is 23.5 Å². The van der Waals surface area contributed by atoms with E-state index in [-0.39, 0.29) is 5.56 Å². The number of pyridine rings is 1. The molecular weight excluding hydrogens is 332 g/mol. The molecule has 0 saturated carbocycles. The van der Waals surface area contributed by atoms with Gasteiger partial charge in [0.15, 0.2) is 6.04 Å². The Morgan fingerprint density at radius 1 is 1.19 bits per heavy atom. The van der Waals surface area contributed by atoms with E-state index in [0.717, 1.165) is 24.1 Å². The number of aliphatic carboxylic acids is 1. The number of aromatic nitrogens is 1. The third-order valence-electron chi connectivity index (χ3n) is 4.45. The molecule has 0 aliphatic carbocycles. The van der Waals surface area contributed by atoms with Gasteiger partial charge in [-0.2, -0.15) is 0 Å². The molecule has 26 heavy (non-hydrogen) atoms. The Balaban J connectivity index is 2.38. The molecule has 0 fully saturated rings. The summed E-state index contributed by atoms with van der Waals surface area (Å²) in [6, 6.07) is 8.72. The van der Waals surface area contributed by atoms with Crippen LogP contribution in [0.15, 0.2) is 41.2 Å². The summed E-state index contributed by atoms with van der Waals surface area (Å²) < 4.78 is 1.59. The van der Waals surface area contributed by atoms with Crippen LogP contribution in [-0.2, 0) is 11.3 Å². The molecule has 1 atom stereocenters. The van der Waals surface area contributed by atoms with Crippen molar-refractivity contribution in [2.24, 2.45) is 0 Å². The maximum Gasteiger partial charge on any atom is 0.330 e. The van der Waals surface area contributed by atoms with Crippen molar-refractivity contribution < 1.29 is 14.7 Å². The molecule has 1 aromatic heterocycles. The van der Waals surface area contributed by atoms with Crippen molar-refractivity contribution >= 4 is 11.9 Å². The van der Waals surface area contributed by atoms with E-state index in [1.807, 2.05) is 20.8 Å². The van der Waals surface area contributed by atoms with E-state index >= 15 is 0 Å². The molecule has 6 heteroatoms. The van der Waals surface area contributed by atoms with E-state index in [9.17, 15) is 19.5 Å². The van der Waals surface area contributed by atoms with Crippen LogP contribution < -0.4 is 10.9 Å². The fourth-order valence-electron chi connectivity index (χ4n) is 2.78. The van der Waals surface area contributed by atoms with Crippen LogP contribution in [0, 0.1) is 13.8 Å². The minimum absolute atomic E-state index is 0.0358. The Bertz CT molecular complexity index is 856. The third kappa shape index (κ3) is 4.20. The molecule has 0 aliphatic heterocycles. The van der Waals surface area contributed by atoms with Crippen molar-refractivity contribution in [2.45, 2.75) is 46.2 Å². The number of carbonyl (C=O) groups excluding carboxylic acids is 1. The largest absolute Gasteiger partial charge is 0.479 e. The number of unbranched alkanes of at least 4 members (excludes halogenated alkanes) is 1. The average molecular weight is 356 g/mol. The van der Waals surface area contributed by atoms with E-state index in [2.05, 4.69) is 5.32 Å². The molecule has 2 aromatic rings. The van der Waals surface area contributed by atoms with Crippen LogP contribution in [-0.4, -0.2) is 21.6 Å². The topological polar surface area (TPSA) is 88.4 Å². The molecule has 0 bridgehead atoms. The molecule has 2 rings (SSSR count). The van der Waals surface area contributed by atoms with Crippen LogP contribution in [0.2, 0.25) is 0 Å². The first-order chi connectivity index (χ1) is 12.4. The van der Waals surface area contributed by atoms with Crippen molar-refractivity contribution in [3.8, 4) is 0 Å². The lowest BCUT2D eigenvalue weighted by Crippen LogP contribution is -2.38. The second-order valence-corrected chi connectivity index (χ2v) is 6.29. The van der Waals surface area contributed by atoms with Crippen LogP contribution in [0.5, 0.6) is 0 Å². The summed E-state index contributed by atoms with van der Waals surface area (Å²) in [6.07, 6.45) is 1.75. The first kappa shape index (κ1) is 19.4. The van der Waals surface area contributed by atoms with E-state index in [4.69, 9.17) is 0 Å². The Kier molecular flexibility index (Phi) is 6.33. The number of amides is 1. The van der Waals surface area contributed by atoms with Gasteiger partial charge in [-0.1, -0.05) is 43.7 Å². The number of rotatable bonds is 7. The summed E-state index contributed by atoms with van der Waals surface area (Å²) in [5.74, 6) is -1.86. The fraction of sp³-hybridized carbons (Fsp3) is 0.350. The predicted octanol–water partition coefficient (Wildman–Crippen LogP) is 2.82. The lowest BCUT2D eigenvalue weighted by atomic mass is 10.1. The molecule has 1 unspecified atom stereocenters. The number of carboxylic acids is 1. The second kappa shape index (κ2) is 8.47. The molecule has 1 aromatic carbocycles. The lowest BCUT2D eigenvalue weighted by Gasteiger charge is -2.17. The number of hydrogen-bond acceptors (Lipinski definition) is 3. The smallest absolute Gasteiger partial charge is 0.330 e. The monoisotopic (exact) mass is 356 g/mol. The average Bonchev–Trinajstić information content (AvgIpc) is 2.63. The predicted molar refractivity (Wildman–Crippen MR) is 99.4 cm³/mol. The number of hydrogen-bond donors (Lipinski definition) is 2. The molecule has 1 heterocycles. The molecule has 6 nitrogen and oxygen atoms in total. The molecule has 0 saturated heterocycles. The van der Waals surface area contributed by atoms with Crippen LogP contribution in [0.1, 0.15) is 53.0 Å². The van der Waals surface area contributed by atoms with Gasteiger partial charge in [0.2, 0.25) is 0 Å². The minimum Gasteiger partial charge on any atom is -0.479 e. The maximum atomic E-state index is 12.7. The quantitative estimate of drug-likeness (QED) is 0.798. The number of carboxylic acid groups (broad SMARTS) is 1. The first-order valence-corrected chi connectivity index (χ1v) is 8.66. The van der Waals surface area contributed by atoms with Crippen LogP contribution in [0.25, 0.3) is 0 Å². The molecule has 0 radical (unpaired) electrons. The standard InChI is InChI=1S/C20H24N2O4/c1-4-5-11-22-14(3)13(2)12-16(19(22)24)18(23)21-17(20(25)26)15-9-7-6-8-10-15/h6-10,12,17H,4-5,11H2,1-3H3,(H,21,23)(H,25,26). The van der Waals surface area contributed by atoms with Gasteiger partial charge in [0.25, 0.3) is 11.5 Å². The molecule has 2 N–H and O–H groups in total. The van der Waals surface area contributed by atoms with E-state index in [1.54, 1.807) is 34.9 Å². The summed E-state index contributed by atoms with van der Waals surface area (Å²) in [5.41, 5.74) is 1.65. The number of carbonyl (C=O) groups is 2. The van der Waals surface area contributed by atoms with E-state index in [0.29, 0.717) is 12.1 Å². The van der Waals surface area contributed by atoms with Gasteiger partial charge >= 0.3 is 5.97 Å². The summed E-state index contributed by atoms with van der Waals surface area (Å²) >= 11 is 0. The number of aryl methyl sites for hydroxylation is 1. The summed E-state index contributed by atoms with van der Waals surface area (Å²) in [6.45, 7) is 6.24. The highest BCUT2D eigenvalue weighted by Crippen LogP contribution is 2.14. The van der Waals surface area contributed by atoms with Gasteiger partial charge in [-0.05, 0) is 37.5 Å². The number of benzene rings is 1. The number of nitrogens with zero attached hydrogens (tertiary/aromatic N) is 1. The Morgan fingerprint density at radius 3 is 2.42 bits per heavy atom. The SMILES string of the molecule is CCCCn1c(C)c(C)cc(C(=O)NC(C(=O)O)c2ccccc2)c1=O. The van der Waals surface area contributed by atoms with Crippen molar-refractivity contribution in [1.29, 1.82) is 0 Å². The van der Waals surface area contributed by atoms with Crippen molar-refractivity contribution in [1.82, 2.24) is 9.88 Å². The van der Waals surface area contributed by atoms with Gasteiger partial charge < -0.3 is 15.0 Å². The Hall–Kier alpha value is -2.89. The lowest BCUT2D eigenvalue weighted by molar-refractivity contribution is -0.139. The van der Waals surface area contributed by atoms with Crippen molar-refractivity contribution in [3.63, 3.8) is 0 Å². The molecule has 0 aliphatic rings. The van der Waals surface area contributed by atoms with Crippen LogP contribution in [0.3, 0.4) is 0 Å². The first-order valence-electron chi connectivity index (χ1n) is 8.66. The molecule has 138 valence electrons. The summed E-state index contributed by atoms with van der Waals surface area (Å²) in [7, 11) is 0. The highest BCUT2D eigenvalue weighted by atomic mass is 16.4. The fourth-order valence-corrected chi connectivity index (χ4v) is 2.78. The molecular formula is C20H24N2O4. The second-order valence-electron chi connectivity index (χ2n) is 6.29. The summed E-state index contributed by atoms with van der Waals surface area (Å²) in [4.78, 5) is 37.0. The Morgan fingerprint density at radius 2 is 1.85 bits per heavy atom. The normalized spacial score (nSPS) is 11.8. The summed E-state index contributed by atoms with van der Waals surface area (Å²) in [5, 5.41) is 11.9. The van der Waals surface area contributed by atoms with Crippen LogP contribution in [0.4, 0.5) is 0 Å². The zero-order chi connectivity index (χ0) is 19.3. The van der Waals surface area contributed by atoms with E-state index in [1.165, 1.54) is 6.07 Å². The van der Waals surface area contributed by atoms with Gasteiger partial charge in [-0.15, -0.1) is 0 Å². The molecule has 1 amide bonds. The van der Waals surface area contributed by atoms with Gasteiger partial charge in [-0.25, -0.2) is 4.79 Å². The maximum absolute atomic E-state index is 12.7. The molecule has 0 spiro atoms. The number of nitrogens with one attached hydrogen (secondary N) is 1. The van der Waals surface area contributed by atoms with Crippen LogP contribution >= 0.6 is 0 Å². The van der Waals surface area contributed by atoms with Gasteiger partial charge in [0.1, 0.15) is 5.56 Å². The highest BCUT2D eigenvalue weighted by molar-refractivity contribution is 5.96. The van der Waals surface area contributed by atoms with Gasteiger partial charge in [0.05, 0.1) is 0 Å². The highest BCUT2D eigenvalue weighted by Gasteiger charge is 2.24. The van der Waals surface area contributed by atoms with Gasteiger partial charge in [-0.3, -0.25) is 9.59 Å². The zero-order valence-corrected chi connectivity index (χ0v) is 15.3. The van der Waals surface area contributed by atoms with Crippen molar-refractivity contribution in [3.05, 3.63) is 69.1 Å².